The zero-order valence-electron chi connectivity index (χ0n) is 18.7. The van der Waals surface area contributed by atoms with Crippen molar-refractivity contribution in [2.75, 3.05) is 63.8 Å². The first-order chi connectivity index (χ1) is 15.6. The summed E-state index contributed by atoms with van der Waals surface area (Å²) in [4.78, 5) is 28.9. The number of amides is 1. The number of anilines is 2. The van der Waals surface area contributed by atoms with Gasteiger partial charge in [0.15, 0.2) is 0 Å². The summed E-state index contributed by atoms with van der Waals surface area (Å²) in [6.45, 7) is 5.27. The van der Waals surface area contributed by atoms with Crippen LogP contribution in [0.4, 0.5) is 11.6 Å². The molecule has 2 aliphatic rings. The topological polar surface area (TPSA) is 102 Å². The Morgan fingerprint density at radius 2 is 1.72 bits per heavy atom. The largest absolute Gasteiger partial charge is 0.494 e. The van der Waals surface area contributed by atoms with Crippen LogP contribution in [-0.4, -0.2) is 79.3 Å². The average Bonchev–Trinajstić information content (AvgIpc) is 2.83. The zero-order valence-corrected chi connectivity index (χ0v) is 18.7. The maximum Gasteiger partial charge on any atom is 0.324 e. The van der Waals surface area contributed by atoms with Crippen molar-refractivity contribution in [3.05, 3.63) is 23.8 Å². The number of methoxy groups -OCH3 is 2. The summed E-state index contributed by atoms with van der Waals surface area (Å²) in [6, 6.07) is 6.48. The molecule has 2 aromatic rings. The van der Waals surface area contributed by atoms with Crippen molar-refractivity contribution in [1.82, 2.24) is 19.9 Å². The molecular formula is C22H30N6O4. The maximum absolute atomic E-state index is 11.6. The Bertz CT molecular complexity index is 910. The third-order valence-electron chi connectivity index (χ3n) is 5.72. The minimum Gasteiger partial charge on any atom is -0.494 e. The van der Waals surface area contributed by atoms with Gasteiger partial charge < -0.3 is 24.4 Å². The minimum atomic E-state index is 0.0727. The molecule has 2 aliphatic heterocycles. The van der Waals surface area contributed by atoms with Gasteiger partial charge in [0, 0.05) is 44.4 Å². The normalized spacial score (nSPS) is 16.3. The summed E-state index contributed by atoms with van der Waals surface area (Å²) in [5.74, 6) is 1.47. The monoisotopic (exact) mass is 442 g/mol. The van der Waals surface area contributed by atoms with Gasteiger partial charge in [-0.2, -0.15) is 9.97 Å². The number of benzene rings is 1. The second kappa shape index (κ2) is 10.4. The predicted octanol–water partition coefficient (Wildman–Crippen LogP) is 1.75. The van der Waals surface area contributed by atoms with Crippen molar-refractivity contribution >= 4 is 17.5 Å². The Kier molecular flexibility index (Phi) is 7.21. The van der Waals surface area contributed by atoms with E-state index in [-0.39, 0.29) is 17.9 Å². The highest BCUT2D eigenvalue weighted by Gasteiger charge is 2.21. The molecule has 0 bridgehead atoms. The van der Waals surface area contributed by atoms with Crippen molar-refractivity contribution in [2.45, 2.75) is 25.7 Å². The summed E-state index contributed by atoms with van der Waals surface area (Å²) < 4.78 is 16.2. The second-order valence-electron chi connectivity index (χ2n) is 7.86. The number of unbranched alkanes of at least 4 members (excludes halogenated alkanes) is 1. The highest BCUT2D eigenvalue weighted by atomic mass is 16.5. The lowest BCUT2D eigenvalue weighted by molar-refractivity contribution is -0.116. The molecule has 3 heterocycles. The van der Waals surface area contributed by atoms with E-state index >= 15 is 0 Å². The number of piperazine rings is 1. The molecule has 0 saturated carbocycles. The molecule has 0 unspecified atom stereocenters. The highest BCUT2D eigenvalue weighted by Crippen LogP contribution is 2.27. The van der Waals surface area contributed by atoms with Gasteiger partial charge in [-0.05, 0) is 37.4 Å². The first kappa shape index (κ1) is 22.1. The van der Waals surface area contributed by atoms with Crippen LogP contribution in [-0.2, 0) is 11.2 Å². The molecule has 10 heteroatoms. The summed E-state index contributed by atoms with van der Waals surface area (Å²) in [5.41, 5.74) is 2.05. The molecule has 1 fully saturated rings. The van der Waals surface area contributed by atoms with Gasteiger partial charge in [-0.15, -0.1) is 4.98 Å². The molecule has 1 amide bonds. The molecule has 0 spiro atoms. The molecule has 4 rings (SSSR count). The van der Waals surface area contributed by atoms with Crippen LogP contribution in [0.25, 0.3) is 0 Å². The van der Waals surface area contributed by atoms with E-state index in [0.29, 0.717) is 19.0 Å². The first-order valence-corrected chi connectivity index (χ1v) is 11.0. The lowest BCUT2D eigenvalue weighted by Crippen LogP contribution is -2.47. The van der Waals surface area contributed by atoms with E-state index in [1.807, 2.05) is 18.2 Å². The second-order valence-corrected chi connectivity index (χ2v) is 7.86. The van der Waals surface area contributed by atoms with Crippen molar-refractivity contribution in [1.29, 1.82) is 0 Å². The molecule has 10 nitrogen and oxygen atoms in total. The highest BCUT2D eigenvalue weighted by molar-refractivity contribution is 5.94. The predicted molar refractivity (Wildman–Crippen MR) is 120 cm³/mol. The number of carbonyl (C=O) groups is 1. The summed E-state index contributed by atoms with van der Waals surface area (Å²) in [6.07, 6.45) is 3.39. The summed E-state index contributed by atoms with van der Waals surface area (Å²) >= 11 is 0. The van der Waals surface area contributed by atoms with E-state index in [1.165, 1.54) is 19.8 Å². The number of hydrogen-bond donors (Lipinski definition) is 1. The van der Waals surface area contributed by atoms with Crippen LogP contribution in [0.5, 0.6) is 17.8 Å². The number of aromatic nitrogens is 3. The fourth-order valence-electron chi connectivity index (χ4n) is 3.89. The lowest BCUT2D eigenvalue weighted by Gasteiger charge is -2.34. The van der Waals surface area contributed by atoms with E-state index in [9.17, 15) is 4.79 Å². The molecular weight excluding hydrogens is 412 g/mol. The first-order valence-electron chi connectivity index (χ1n) is 11.0. The number of carbonyl (C=O) groups excluding carboxylic acids is 1. The van der Waals surface area contributed by atoms with Crippen LogP contribution in [0.1, 0.15) is 24.8 Å². The van der Waals surface area contributed by atoms with Gasteiger partial charge in [-0.3, -0.25) is 9.69 Å². The van der Waals surface area contributed by atoms with Gasteiger partial charge in [0.2, 0.25) is 11.9 Å². The molecule has 172 valence electrons. The number of ether oxygens (including phenoxy) is 3. The molecule has 1 N–H and O–H groups in total. The van der Waals surface area contributed by atoms with Crippen molar-refractivity contribution in [3.8, 4) is 17.8 Å². The summed E-state index contributed by atoms with van der Waals surface area (Å²) in [5, 5.41) is 2.92. The lowest BCUT2D eigenvalue weighted by atomic mass is 10.0. The molecule has 1 aromatic heterocycles. The molecule has 0 aliphatic carbocycles. The van der Waals surface area contributed by atoms with Gasteiger partial charge in [-0.25, -0.2) is 0 Å². The Hall–Kier alpha value is -3.14. The van der Waals surface area contributed by atoms with Crippen LogP contribution >= 0.6 is 0 Å². The minimum absolute atomic E-state index is 0.0727. The van der Waals surface area contributed by atoms with Crippen LogP contribution in [0, 0.1) is 0 Å². The number of nitrogens with zero attached hydrogens (tertiary/aromatic N) is 5. The quantitative estimate of drug-likeness (QED) is 0.582. The Balaban J connectivity index is 1.16. The van der Waals surface area contributed by atoms with Crippen LogP contribution in [0.15, 0.2) is 18.2 Å². The van der Waals surface area contributed by atoms with E-state index in [1.54, 1.807) is 0 Å². The van der Waals surface area contributed by atoms with Crippen LogP contribution in [0.2, 0.25) is 0 Å². The van der Waals surface area contributed by atoms with Crippen molar-refractivity contribution in [3.63, 3.8) is 0 Å². The third-order valence-corrected chi connectivity index (χ3v) is 5.72. The Morgan fingerprint density at radius 3 is 2.44 bits per heavy atom. The number of fused-ring (bicyclic) bond motifs is 1. The molecule has 32 heavy (non-hydrogen) atoms. The maximum atomic E-state index is 11.6. The van der Waals surface area contributed by atoms with Crippen molar-refractivity contribution < 1.29 is 19.0 Å². The molecule has 0 atom stereocenters. The smallest absolute Gasteiger partial charge is 0.324 e. The fourth-order valence-corrected chi connectivity index (χ4v) is 3.89. The number of rotatable bonds is 9. The fraction of sp³-hybridized carbons (Fsp3) is 0.545. The molecule has 0 radical (unpaired) electrons. The average molecular weight is 443 g/mol. The van der Waals surface area contributed by atoms with Gasteiger partial charge in [0.1, 0.15) is 5.75 Å². The number of hydrogen-bond acceptors (Lipinski definition) is 9. The zero-order chi connectivity index (χ0) is 22.3. The third kappa shape index (κ3) is 5.56. The SMILES string of the molecule is COc1nc(OC)nc(N2CCN(CCCCOc3ccc4c(c3)NC(=O)CC4)CC2)n1. The summed E-state index contributed by atoms with van der Waals surface area (Å²) in [7, 11) is 3.06. The van der Waals surface area contributed by atoms with E-state index in [2.05, 4.69) is 30.1 Å². The number of aryl methyl sites for hydroxylation is 1. The van der Waals surface area contributed by atoms with Crippen molar-refractivity contribution in [2.24, 2.45) is 0 Å². The van der Waals surface area contributed by atoms with E-state index < -0.39 is 0 Å². The van der Waals surface area contributed by atoms with E-state index in [0.717, 1.165) is 63.4 Å². The van der Waals surface area contributed by atoms with Crippen LogP contribution < -0.4 is 24.4 Å². The van der Waals surface area contributed by atoms with Gasteiger partial charge in [0.25, 0.3) is 0 Å². The number of nitrogens with one attached hydrogen (secondary N) is 1. The van der Waals surface area contributed by atoms with Gasteiger partial charge >= 0.3 is 12.0 Å². The molecule has 1 aromatic carbocycles. The Morgan fingerprint density at radius 1 is 0.969 bits per heavy atom. The van der Waals surface area contributed by atoms with Gasteiger partial charge in [-0.1, -0.05) is 6.07 Å². The molecule has 1 saturated heterocycles. The van der Waals surface area contributed by atoms with Gasteiger partial charge in [0.05, 0.1) is 20.8 Å². The van der Waals surface area contributed by atoms with Crippen LogP contribution in [0.3, 0.4) is 0 Å². The Labute approximate surface area is 187 Å². The standard InChI is InChI=1S/C22H30N6O4/c1-30-21-24-20(25-22(26-21)31-2)28-12-10-27(11-13-28)9-3-4-14-32-17-7-5-16-6-8-19(29)23-18(16)15-17/h5,7,15H,3-4,6,8-14H2,1-2H3,(H,23,29). The van der Waals surface area contributed by atoms with E-state index in [4.69, 9.17) is 14.2 Å².